The highest BCUT2D eigenvalue weighted by atomic mass is 16.3. The van der Waals surface area contributed by atoms with Gasteiger partial charge in [-0.1, -0.05) is 19.8 Å². The third kappa shape index (κ3) is 3.48. The predicted molar refractivity (Wildman–Crippen MR) is 126 cm³/mol. The molecule has 188 valence electrons. The number of nitrogen functional groups attached to an aromatic ring is 1. The number of hydrogen-bond donors (Lipinski definition) is 4. The Morgan fingerprint density at radius 3 is 2.41 bits per heavy atom. The maximum atomic E-state index is 13.3. The van der Waals surface area contributed by atoms with E-state index in [1.54, 1.807) is 19.0 Å². The van der Waals surface area contributed by atoms with Crippen LogP contribution in [0.25, 0.3) is 0 Å². The van der Waals surface area contributed by atoms with Crippen LogP contribution < -0.4 is 17.0 Å². The molecule has 0 bridgehead atoms. The van der Waals surface area contributed by atoms with Gasteiger partial charge in [-0.25, -0.2) is 9.69 Å². The highest BCUT2D eigenvalue weighted by Crippen LogP contribution is 2.61. The molecule has 1 amide bonds. The topological polar surface area (TPSA) is 158 Å². The molecule has 0 radical (unpaired) electrons. The molecular weight excluding hydrogens is 440 g/mol. The predicted octanol–water partition coefficient (Wildman–Crippen LogP) is 0.504. The van der Waals surface area contributed by atoms with Gasteiger partial charge in [0.15, 0.2) is 6.35 Å². The van der Waals surface area contributed by atoms with Crippen LogP contribution in [0.2, 0.25) is 0 Å². The van der Waals surface area contributed by atoms with Gasteiger partial charge in [-0.2, -0.15) is 0 Å². The van der Waals surface area contributed by atoms with Gasteiger partial charge in [0.05, 0.1) is 0 Å². The molecule has 2 spiro atoms. The number of unbranched alkanes of at least 4 members (excludes halogenated alkanes) is 1. The highest BCUT2D eigenvalue weighted by Gasteiger charge is 2.66. The number of nitrogens with zero attached hydrogens (tertiary/aromatic N) is 4. The minimum atomic E-state index is -0.925. The van der Waals surface area contributed by atoms with E-state index in [4.69, 9.17) is 11.1 Å². The zero-order valence-electron chi connectivity index (χ0n) is 20.2. The van der Waals surface area contributed by atoms with Crippen LogP contribution in [0.15, 0.2) is 9.59 Å². The molecule has 11 nitrogen and oxygen atoms in total. The number of nitrogens with one attached hydrogen (secondary N) is 1. The SMILES string of the molecule is CCCCn1c(O)c(C(=N)N)c(=O)n([C@H]2CCCC3(CC2)CC2(C3)C(=O)N(C)C(O)N2C)c1=O. The largest absolute Gasteiger partial charge is 0.494 e. The quantitative estimate of drug-likeness (QED) is 0.356. The van der Waals surface area contributed by atoms with Gasteiger partial charge >= 0.3 is 5.69 Å². The van der Waals surface area contributed by atoms with Crippen molar-refractivity contribution in [3.05, 3.63) is 26.4 Å². The van der Waals surface area contributed by atoms with Crippen LogP contribution in [-0.2, 0) is 11.3 Å². The van der Waals surface area contributed by atoms with E-state index in [1.807, 2.05) is 6.92 Å². The van der Waals surface area contributed by atoms with Gasteiger partial charge in [0, 0.05) is 19.6 Å². The number of amides is 1. The molecule has 2 saturated carbocycles. The summed E-state index contributed by atoms with van der Waals surface area (Å²) in [4.78, 5) is 42.4. The van der Waals surface area contributed by atoms with E-state index < -0.39 is 34.9 Å². The molecule has 1 aromatic rings. The number of hydrogen-bond acceptors (Lipinski definition) is 7. The van der Waals surface area contributed by atoms with Crippen LogP contribution in [-0.4, -0.2) is 66.9 Å². The summed E-state index contributed by atoms with van der Waals surface area (Å²) in [7, 11) is 3.39. The maximum Gasteiger partial charge on any atom is 0.334 e. The van der Waals surface area contributed by atoms with Crippen molar-refractivity contribution < 1.29 is 15.0 Å². The van der Waals surface area contributed by atoms with Gasteiger partial charge in [0.25, 0.3) is 5.56 Å². The number of carbonyl (C=O) groups is 1. The second kappa shape index (κ2) is 8.53. The molecule has 1 aliphatic heterocycles. The summed E-state index contributed by atoms with van der Waals surface area (Å²) >= 11 is 0. The first-order valence-corrected chi connectivity index (χ1v) is 12.1. The summed E-state index contributed by atoms with van der Waals surface area (Å²) in [5.74, 6) is -1.16. The van der Waals surface area contributed by atoms with Gasteiger partial charge in [-0.3, -0.25) is 24.1 Å². The van der Waals surface area contributed by atoms with E-state index in [1.165, 1.54) is 9.47 Å². The first-order chi connectivity index (χ1) is 16.0. The zero-order chi connectivity index (χ0) is 25.0. The molecule has 1 saturated heterocycles. The molecule has 1 unspecified atom stereocenters. The highest BCUT2D eigenvalue weighted by molar-refractivity contribution is 5.96. The number of carbonyl (C=O) groups excluding carboxylic acids is 1. The first-order valence-electron chi connectivity index (χ1n) is 12.1. The molecule has 2 atom stereocenters. The Hall–Kier alpha value is -2.66. The summed E-state index contributed by atoms with van der Waals surface area (Å²) in [6.07, 6.45) is 5.41. The number of amidine groups is 1. The van der Waals surface area contributed by atoms with Gasteiger partial charge in [-0.15, -0.1) is 0 Å². The smallest absolute Gasteiger partial charge is 0.334 e. The molecular formula is C23H36N6O5. The molecule has 2 aliphatic carbocycles. The van der Waals surface area contributed by atoms with E-state index in [0.717, 1.165) is 30.3 Å². The molecule has 1 aromatic heterocycles. The third-order valence-electron chi connectivity index (χ3n) is 8.39. The summed E-state index contributed by atoms with van der Waals surface area (Å²) < 4.78 is 2.34. The first kappa shape index (κ1) is 24.5. The normalized spacial score (nSPS) is 31.8. The molecule has 11 heteroatoms. The van der Waals surface area contributed by atoms with Crippen molar-refractivity contribution >= 4 is 11.7 Å². The van der Waals surface area contributed by atoms with Crippen molar-refractivity contribution in [3.8, 4) is 5.88 Å². The van der Waals surface area contributed by atoms with Gasteiger partial charge < -0.3 is 20.8 Å². The third-order valence-corrected chi connectivity index (χ3v) is 8.39. The number of aliphatic hydroxyl groups excluding tert-OH is 1. The number of likely N-dealkylation sites (N-methyl/N-ethyl adjacent to an activating group) is 2. The average molecular weight is 477 g/mol. The van der Waals surface area contributed by atoms with Gasteiger partial charge in [0.2, 0.25) is 11.8 Å². The van der Waals surface area contributed by atoms with Crippen LogP contribution in [0.3, 0.4) is 0 Å². The molecule has 34 heavy (non-hydrogen) atoms. The zero-order valence-corrected chi connectivity index (χ0v) is 20.2. The van der Waals surface area contributed by atoms with E-state index in [9.17, 15) is 24.6 Å². The van der Waals surface area contributed by atoms with Crippen LogP contribution in [0.5, 0.6) is 5.88 Å². The van der Waals surface area contributed by atoms with Crippen LogP contribution >= 0.6 is 0 Å². The van der Waals surface area contributed by atoms with Crippen molar-refractivity contribution in [1.29, 1.82) is 5.41 Å². The Morgan fingerprint density at radius 2 is 1.85 bits per heavy atom. The monoisotopic (exact) mass is 476 g/mol. The van der Waals surface area contributed by atoms with E-state index in [-0.39, 0.29) is 29.5 Å². The lowest BCUT2D eigenvalue weighted by Crippen LogP contribution is -2.62. The fraction of sp³-hybridized carbons (Fsp3) is 0.739. The summed E-state index contributed by atoms with van der Waals surface area (Å²) in [6.45, 7) is 2.20. The standard InChI is InChI=1S/C23H36N6O5/c1-4-5-11-28-17(30)15(16(24)25)18(31)29(21(28)34)14-7-6-9-22(10-8-14)12-23(13-22)19(32)26(2)20(33)27(23)3/h14,20,30,33H,4-13H2,1-3H3,(H3,24,25)/t14-,20?,22?,23?/m0/s1. The number of rotatable bonds is 5. The molecule has 3 fully saturated rings. The maximum absolute atomic E-state index is 13.3. The Labute approximate surface area is 198 Å². The van der Waals surface area contributed by atoms with Crippen molar-refractivity contribution in [2.24, 2.45) is 11.1 Å². The van der Waals surface area contributed by atoms with Gasteiger partial charge in [-0.05, 0) is 57.4 Å². The van der Waals surface area contributed by atoms with E-state index in [0.29, 0.717) is 32.1 Å². The Morgan fingerprint density at radius 1 is 1.18 bits per heavy atom. The van der Waals surface area contributed by atoms with Crippen LogP contribution in [0, 0.1) is 10.8 Å². The molecule has 4 rings (SSSR count). The Balaban J connectivity index is 1.62. The Kier molecular flexibility index (Phi) is 6.14. The molecule has 5 N–H and O–H groups in total. The lowest BCUT2D eigenvalue weighted by Gasteiger charge is -2.56. The number of aromatic hydroxyl groups is 1. The molecule has 2 heterocycles. The number of aliphatic hydroxyl groups is 1. The molecule has 0 aromatic carbocycles. The minimum Gasteiger partial charge on any atom is -0.494 e. The fourth-order valence-corrected chi connectivity index (χ4v) is 6.46. The van der Waals surface area contributed by atoms with Crippen LogP contribution in [0.4, 0.5) is 0 Å². The number of nitrogens with two attached hydrogens (primary N) is 1. The van der Waals surface area contributed by atoms with Crippen LogP contribution in [0.1, 0.15) is 76.3 Å². The van der Waals surface area contributed by atoms with Crippen molar-refractivity contribution in [1.82, 2.24) is 18.9 Å². The second-order valence-corrected chi connectivity index (χ2v) is 10.4. The van der Waals surface area contributed by atoms with E-state index >= 15 is 0 Å². The summed E-state index contributed by atoms with van der Waals surface area (Å²) in [5, 5.41) is 28.7. The van der Waals surface area contributed by atoms with E-state index in [2.05, 4.69) is 0 Å². The molecule has 3 aliphatic rings. The lowest BCUT2D eigenvalue weighted by molar-refractivity contribution is -0.146. The van der Waals surface area contributed by atoms with Crippen molar-refractivity contribution in [2.45, 2.75) is 89.2 Å². The second-order valence-electron chi connectivity index (χ2n) is 10.4. The number of aromatic nitrogens is 2. The summed E-state index contributed by atoms with van der Waals surface area (Å²) in [6, 6.07) is -0.368. The summed E-state index contributed by atoms with van der Waals surface area (Å²) in [5.41, 5.74) is 3.25. The minimum absolute atomic E-state index is 0.0615. The fourth-order valence-electron chi connectivity index (χ4n) is 6.46. The lowest BCUT2D eigenvalue weighted by atomic mass is 9.53. The average Bonchev–Trinajstić information content (AvgIpc) is 2.92. The van der Waals surface area contributed by atoms with Gasteiger partial charge in [0.1, 0.15) is 16.9 Å². The van der Waals surface area contributed by atoms with Crippen molar-refractivity contribution in [3.63, 3.8) is 0 Å². The van der Waals surface area contributed by atoms with Crippen molar-refractivity contribution in [2.75, 3.05) is 14.1 Å². The Bertz CT molecular complexity index is 1120.